The van der Waals surface area contributed by atoms with Crippen molar-refractivity contribution < 1.29 is 13.2 Å². The Morgan fingerprint density at radius 1 is 1.00 bits per heavy atom. The van der Waals surface area contributed by atoms with Gasteiger partial charge in [0.2, 0.25) is 10.0 Å². The highest BCUT2D eigenvalue weighted by atomic mass is 32.2. The summed E-state index contributed by atoms with van der Waals surface area (Å²) < 4.78 is 27.0. The third-order valence-electron chi connectivity index (χ3n) is 6.28. The molecule has 0 saturated carbocycles. The van der Waals surface area contributed by atoms with Crippen molar-refractivity contribution in [2.75, 3.05) is 19.6 Å². The molecule has 7 nitrogen and oxygen atoms in total. The van der Waals surface area contributed by atoms with E-state index >= 15 is 0 Å². The lowest BCUT2D eigenvalue weighted by Gasteiger charge is -2.25. The second kappa shape index (κ2) is 9.49. The Hall–Kier alpha value is -2.97. The summed E-state index contributed by atoms with van der Waals surface area (Å²) in [6.45, 7) is 5.41. The first kappa shape index (κ1) is 23.2. The number of pyridine rings is 1. The molecule has 8 heteroatoms. The minimum atomic E-state index is -3.52. The lowest BCUT2D eigenvalue weighted by molar-refractivity contribution is 0.0954. The Morgan fingerprint density at radius 3 is 2.36 bits per heavy atom. The zero-order valence-corrected chi connectivity index (χ0v) is 19.8. The summed E-state index contributed by atoms with van der Waals surface area (Å²) in [5.74, 6) is -0.305. The molecule has 0 spiro atoms. The van der Waals surface area contributed by atoms with E-state index in [9.17, 15) is 18.0 Å². The van der Waals surface area contributed by atoms with Crippen molar-refractivity contribution >= 4 is 26.8 Å². The van der Waals surface area contributed by atoms with Gasteiger partial charge in [0.15, 0.2) is 0 Å². The van der Waals surface area contributed by atoms with Crippen LogP contribution in [0.1, 0.15) is 46.3 Å². The number of rotatable bonds is 6. The number of fused-ring (bicyclic) bond motifs is 1. The number of nitrogens with zero attached hydrogens (tertiary/aromatic N) is 1. The molecule has 1 aliphatic heterocycles. The Balaban J connectivity index is 1.39. The molecule has 0 radical (unpaired) electrons. The summed E-state index contributed by atoms with van der Waals surface area (Å²) in [6, 6.07) is 11.9. The molecule has 1 saturated heterocycles. The van der Waals surface area contributed by atoms with Crippen molar-refractivity contribution in [3.63, 3.8) is 0 Å². The van der Waals surface area contributed by atoms with Crippen LogP contribution in [0.5, 0.6) is 0 Å². The van der Waals surface area contributed by atoms with Crippen molar-refractivity contribution in [1.82, 2.24) is 14.6 Å². The summed E-state index contributed by atoms with van der Waals surface area (Å²) >= 11 is 0. The number of amides is 1. The summed E-state index contributed by atoms with van der Waals surface area (Å²) in [5.41, 5.74) is 3.90. The number of piperidine rings is 1. The fourth-order valence-electron chi connectivity index (χ4n) is 4.15. The second-order valence-electron chi connectivity index (χ2n) is 8.64. The van der Waals surface area contributed by atoms with Gasteiger partial charge in [-0.15, -0.1) is 0 Å². The minimum absolute atomic E-state index is 0.160. The lowest BCUT2D eigenvalue weighted by Crippen LogP contribution is -2.35. The van der Waals surface area contributed by atoms with Gasteiger partial charge in [0.1, 0.15) is 0 Å². The van der Waals surface area contributed by atoms with Crippen LogP contribution >= 0.6 is 0 Å². The van der Waals surface area contributed by atoms with Crippen LogP contribution in [0.4, 0.5) is 0 Å². The van der Waals surface area contributed by atoms with E-state index in [0.29, 0.717) is 37.2 Å². The number of carbonyl (C=O) groups excluding carboxylic acids is 1. The van der Waals surface area contributed by atoms with Crippen molar-refractivity contribution in [1.29, 1.82) is 0 Å². The van der Waals surface area contributed by atoms with Crippen molar-refractivity contribution in [3.05, 3.63) is 75.1 Å². The van der Waals surface area contributed by atoms with Gasteiger partial charge >= 0.3 is 0 Å². The maximum absolute atomic E-state index is 12.8. The lowest BCUT2D eigenvalue weighted by atomic mass is 10.0. The standard InChI is InChI=1S/C25H29N3O4S/c1-17-14-21-16-20(25(30)27-23(21)15-18(17)2)10-11-26-24(29)19-6-8-22(9-7-19)33(31,32)28-12-4-3-5-13-28/h6-9,14-16H,3-5,10-13H2,1-2H3,(H,26,29)(H,27,30). The molecule has 4 rings (SSSR count). The van der Waals surface area contributed by atoms with E-state index in [1.54, 1.807) is 0 Å². The minimum Gasteiger partial charge on any atom is -0.352 e. The molecule has 1 fully saturated rings. The quantitative estimate of drug-likeness (QED) is 0.581. The predicted molar refractivity (Wildman–Crippen MR) is 129 cm³/mol. The zero-order chi connectivity index (χ0) is 23.6. The largest absolute Gasteiger partial charge is 0.352 e. The molecule has 33 heavy (non-hydrogen) atoms. The average Bonchev–Trinajstić information content (AvgIpc) is 2.81. The van der Waals surface area contributed by atoms with Crippen LogP contribution in [0, 0.1) is 13.8 Å². The number of H-pyrrole nitrogens is 1. The summed E-state index contributed by atoms with van der Waals surface area (Å²) in [5, 5.41) is 3.78. The molecule has 2 heterocycles. The number of nitrogens with one attached hydrogen (secondary N) is 2. The molecule has 2 N–H and O–H groups in total. The fourth-order valence-corrected chi connectivity index (χ4v) is 5.67. The second-order valence-corrected chi connectivity index (χ2v) is 10.6. The highest BCUT2D eigenvalue weighted by molar-refractivity contribution is 7.89. The first-order valence-corrected chi connectivity index (χ1v) is 12.7. The van der Waals surface area contributed by atoms with E-state index in [-0.39, 0.29) is 16.4 Å². The number of aryl methyl sites for hydroxylation is 2. The maximum atomic E-state index is 12.8. The Kier molecular flexibility index (Phi) is 6.67. The van der Waals surface area contributed by atoms with E-state index in [4.69, 9.17) is 0 Å². The monoisotopic (exact) mass is 467 g/mol. The molecule has 0 atom stereocenters. The summed E-state index contributed by atoms with van der Waals surface area (Å²) in [6.07, 6.45) is 3.19. The Morgan fingerprint density at radius 2 is 1.67 bits per heavy atom. The molecule has 3 aromatic rings. The highest BCUT2D eigenvalue weighted by Crippen LogP contribution is 2.21. The normalized spacial score (nSPS) is 15.0. The van der Waals surface area contributed by atoms with Gasteiger partial charge in [-0.05, 0) is 92.1 Å². The first-order chi connectivity index (χ1) is 15.8. The van der Waals surface area contributed by atoms with E-state index in [1.165, 1.54) is 28.6 Å². The molecule has 1 aromatic heterocycles. The SMILES string of the molecule is Cc1cc2cc(CCNC(=O)c3ccc(S(=O)(=O)N4CCCCC4)cc3)c(=O)[nH]c2cc1C. The fraction of sp³-hybridized carbons (Fsp3) is 0.360. The van der Waals surface area contributed by atoms with Gasteiger partial charge in [0.05, 0.1) is 4.90 Å². The number of carbonyl (C=O) groups is 1. The molecule has 0 aliphatic carbocycles. The molecule has 1 aliphatic rings. The van der Waals surface area contributed by atoms with Crippen molar-refractivity contribution in [2.24, 2.45) is 0 Å². The number of sulfonamides is 1. The maximum Gasteiger partial charge on any atom is 0.251 e. The van der Waals surface area contributed by atoms with Crippen LogP contribution in [0.2, 0.25) is 0 Å². The topological polar surface area (TPSA) is 99.3 Å². The van der Waals surface area contributed by atoms with Gasteiger partial charge in [0, 0.05) is 36.3 Å². The van der Waals surface area contributed by atoms with Crippen molar-refractivity contribution in [3.8, 4) is 0 Å². The van der Waals surface area contributed by atoms with Crippen molar-refractivity contribution in [2.45, 2.75) is 44.4 Å². The molecule has 1 amide bonds. The Bertz CT molecular complexity index is 1340. The smallest absolute Gasteiger partial charge is 0.251 e. The molecule has 0 bridgehead atoms. The van der Waals surface area contributed by atoms with Crippen LogP contribution in [-0.4, -0.2) is 43.2 Å². The van der Waals surface area contributed by atoms with E-state index in [1.807, 2.05) is 32.0 Å². The predicted octanol–water partition coefficient (Wildman–Crippen LogP) is 3.29. The average molecular weight is 468 g/mol. The number of hydrogen-bond donors (Lipinski definition) is 2. The summed E-state index contributed by atoms with van der Waals surface area (Å²) in [4.78, 5) is 28.0. The molecule has 2 aromatic carbocycles. The molecular weight excluding hydrogens is 438 g/mol. The molecule has 174 valence electrons. The highest BCUT2D eigenvalue weighted by Gasteiger charge is 2.25. The number of benzene rings is 2. The van der Waals surface area contributed by atoms with Gasteiger partial charge in [-0.1, -0.05) is 6.42 Å². The Labute approximate surface area is 193 Å². The molecular formula is C25H29N3O4S. The number of aromatic nitrogens is 1. The van der Waals surface area contributed by atoms with Crippen LogP contribution in [0.15, 0.2) is 52.2 Å². The van der Waals surface area contributed by atoms with Gasteiger partial charge in [-0.25, -0.2) is 8.42 Å². The van der Waals surface area contributed by atoms with E-state index in [0.717, 1.165) is 41.3 Å². The van der Waals surface area contributed by atoms with Crippen LogP contribution < -0.4 is 10.9 Å². The zero-order valence-electron chi connectivity index (χ0n) is 19.0. The van der Waals surface area contributed by atoms with E-state index in [2.05, 4.69) is 10.3 Å². The molecule has 0 unspecified atom stereocenters. The van der Waals surface area contributed by atoms with Gasteiger partial charge < -0.3 is 10.3 Å². The third kappa shape index (κ3) is 5.02. The first-order valence-electron chi connectivity index (χ1n) is 11.3. The summed E-state index contributed by atoms with van der Waals surface area (Å²) in [7, 11) is -3.52. The van der Waals surface area contributed by atoms with Crippen LogP contribution in [-0.2, 0) is 16.4 Å². The van der Waals surface area contributed by atoms with Gasteiger partial charge in [-0.2, -0.15) is 4.31 Å². The number of aromatic amines is 1. The number of hydrogen-bond acceptors (Lipinski definition) is 4. The van der Waals surface area contributed by atoms with Crippen LogP contribution in [0.3, 0.4) is 0 Å². The third-order valence-corrected chi connectivity index (χ3v) is 8.20. The van der Waals surface area contributed by atoms with Crippen LogP contribution in [0.25, 0.3) is 10.9 Å². The van der Waals surface area contributed by atoms with E-state index < -0.39 is 10.0 Å². The van der Waals surface area contributed by atoms with Gasteiger partial charge in [0.25, 0.3) is 11.5 Å². The van der Waals surface area contributed by atoms with Gasteiger partial charge in [-0.3, -0.25) is 9.59 Å².